The number of allylic oxidation sites excluding steroid dienone is 4. The van der Waals surface area contributed by atoms with Gasteiger partial charge in [0.25, 0.3) is 0 Å². The van der Waals surface area contributed by atoms with Crippen LogP contribution in [0.15, 0.2) is 100 Å². The molecule has 0 bridgehead atoms. The van der Waals surface area contributed by atoms with Crippen LogP contribution in [0.2, 0.25) is 0 Å². The van der Waals surface area contributed by atoms with E-state index in [9.17, 15) is 0 Å². The molecule has 0 saturated heterocycles. The summed E-state index contributed by atoms with van der Waals surface area (Å²) in [5, 5.41) is 0. The summed E-state index contributed by atoms with van der Waals surface area (Å²) in [4.78, 5) is 0. The Morgan fingerprint density at radius 2 is 1.18 bits per heavy atom. The summed E-state index contributed by atoms with van der Waals surface area (Å²) >= 11 is 35.9. The second kappa shape index (κ2) is 15.7. The minimum atomic E-state index is -3.15. The summed E-state index contributed by atoms with van der Waals surface area (Å²) in [6, 6.07) is 27.9. The molecule has 0 heterocycles. The van der Waals surface area contributed by atoms with Crippen molar-refractivity contribution in [3.8, 4) is 11.1 Å². The van der Waals surface area contributed by atoms with Gasteiger partial charge in [0.1, 0.15) is 0 Å². The molecule has 0 N–H and O–H groups in total. The first-order chi connectivity index (χ1) is 22.3. The van der Waals surface area contributed by atoms with Gasteiger partial charge in [-0.2, -0.15) is 0 Å². The van der Waals surface area contributed by atoms with Gasteiger partial charge in [-0.25, -0.2) is 0 Å². The summed E-state index contributed by atoms with van der Waals surface area (Å²) in [6.45, 7) is 13.8. The normalized spacial score (nSPS) is 13.8. The molecule has 0 nitrogen and oxygen atoms in total. The van der Waals surface area contributed by atoms with Crippen molar-refractivity contribution in [1.82, 2.24) is 0 Å². The molecule has 4 aromatic rings. The predicted octanol–water partition coefficient (Wildman–Crippen LogP) is 6.87. The first-order valence-electron chi connectivity index (χ1n) is 16.1. The number of rotatable bonds is 4. The quantitative estimate of drug-likeness (QED) is 0.173. The number of hydrogen-bond acceptors (Lipinski definition) is 0. The van der Waals surface area contributed by atoms with E-state index in [2.05, 4.69) is 102 Å². The summed E-state index contributed by atoms with van der Waals surface area (Å²) in [5.74, 6) is 0. The molecule has 0 fully saturated rings. The number of benzene rings is 4. The number of alkyl halides is 6. The fourth-order valence-electron chi connectivity index (χ4n) is 6.89. The van der Waals surface area contributed by atoms with Crippen molar-refractivity contribution in [3.63, 3.8) is 0 Å². The van der Waals surface area contributed by atoms with Crippen molar-refractivity contribution in [3.05, 3.63) is 145 Å². The van der Waals surface area contributed by atoms with Crippen LogP contribution >= 0.6 is 69.6 Å². The van der Waals surface area contributed by atoms with E-state index >= 15 is 0 Å². The molecule has 0 amide bonds. The molecule has 2 aliphatic rings. The van der Waals surface area contributed by atoms with Gasteiger partial charge in [0, 0.05) is 0 Å². The van der Waals surface area contributed by atoms with E-state index in [1.807, 2.05) is 36.4 Å². The van der Waals surface area contributed by atoms with Gasteiger partial charge in [0.05, 0.1) is 0 Å². The Morgan fingerprint density at radius 1 is 0.620 bits per heavy atom. The van der Waals surface area contributed by atoms with Crippen molar-refractivity contribution in [2.75, 3.05) is 0 Å². The third kappa shape index (κ3) is 8.70. The van der Waals surface area contributed by atoms with E-state index in [0.29, 0.717) is 11.1 Å². The van der Waals surface area contributed by atoms with Gasteiger partial charge in [-0.05, 0) is 0 Å². The number of halogens is 8. The maximum Gasteiger partial charge on any atom is -1.00 e. The third-order valence-corrected chi connectivity index (χ3v) is 18.4. The molecule has 0 spiro atoms. The zero-order valence-electron chi connectivity index (χ0n) is 28.7. The second-order valence-electron chi connectivity index (χ2n) is 14.8. The largest absolute Gasteiger partial charge is 1.00 e. The van der Waals surface area contributed by atoms with Crippen LogP contribution in [0.1, 0.15) is 92.5 Å². The zero-order chi connectivity index (χ0) is 34.8. The van der Waals surface area contributed by atoms with E-state index in [1.54, 1.807) is 0 Å². The molecule has 0 radical (unpaired) electrons. The first-order valence-corrected chi connectivity index (χ1v) is 22.1. The van der Waals surface area contributed by atoms with Gasteiger partial charge in [0.15, 0.2) is 0 Å². The summed E-state index contributed by atoms with van der Waals surface area (Å²) in [7, 11) is 0. The zero-order valence-corrected chi connectivity index (χ0v) is 37.2. The average Bonchev–Trinajstić information content (AvgIpc) is 3.66. The van der Waals surface area contributed by atoms with Crippen LogP contribution in [-0.4, -0.2) is 3.21 Å². The van der Waals surface area contributed by atoms with Crippen LogP contribution in [0, 0.1) is 0 Å². The molecular formula is C41H38Cl8Zr. The Labute approximate surface area is 347 Å². The molecule has 0 aromatic heterocycles. The summed E-state index contributed by atoms with van der Waals surface area (Å²) in [5.41, 5.74) is 11.5. The summed E-state index contributed by atoms with van der Waals surface area (Å²) < 4.78 is 1.12. The maximum absolute atomic E-state index is 6.51. The molecule has 262 valence electrons. The van der Waals surface area contributed by atoms with E-state index < -0.39 is 28.9 Å². The molecule has 9 heteroatoms. The van der Waals surface area contributed by atoms with E-state index in [1.165, 1.54) is 43.1 Å². The maximum atomic E-state index is 6.51. The van der Waals surface area contributed by atoms with Crippen LogP contribution in [0.25, 0.3) is 11.1 Å². The predicted molar refractivity (Wildman–Crippen MR) is 208 cm³/mol. The molecule has 0 aliphatic heterocycles. The standard InChI is InChI=1S/C21H25.C15H8Cl6.C5H5.2ClH.Zr/c1-20(2,3)16-7-9-18-14(12-16)11-15-13-17(21(4,5)6)8-10-19(15)18;16-14(17,18)12-5-1-3-10(8-12)7-11-4-2-6-13(9-11)15(19,20)21;1-2-4-5-3-1;;;/h7-10,12H,11H2,1-6H3;1-6,8-9H;1-3H,4H2;2*1H;/q;;;;;+2/p-2. The van der Waals surface area contributed by atoms with Crippen molar-refractivity contribution in [1.29, 1.82) is 0 Å². The van der Waals surface area contributed by atoms with Gasteiger partial charge >= 0.3 is 326 Å². The molecule has 50 heavy (non-hydrogen) atoms. The van der Waals surface area contributed by atoms with Crippen molar-refractivity contribution < 1.29 is 46.1 Å². The van der Waals surface area contributed by atoms with Gasteiger partial charge in [-0.15, -0.1) is 0 Å². The van der Waals surface area contributed by atoms with Gasteiger partial charge in [-0.1, -0.05) is 0 Å². The molecule has 6 rings (SSSR count). The fourth-order valence-corrected chi connectivity index (χ4v) is 16.5. The van der Waals surface area contributed by atoms with E-state index in [0.717, 1.165) is 24.0 Å². The molecule has 0 unspecified atom stereocenters. The van der Waals surface area contributed by atoms with Crippen molar-refractivity contribution in [2.24, 2.45) is 0 Å². The average molecular weight is 906 g/mol. The number of hydrogen-bond donors (Lipinski definition) is 0. The Bertz CT molecular complexity index is 1950. The minimum Gasteiger partial charge on any atom is -1.00 e. The Kier molecular flexibility index (Phi) is 13.2. The Balaban J connectivity index is 0.00000281. The third-order valence-electron chi connectivity index (χ3n) is 9.30. The van der Waals surface area contributed by atoms with Gasteiger partial charge < -0.3 is 24.8 Å². The van der Waals surface area contributed by atoms with Crippen LogP contribution in [0.3, 0.4) is 0 Å². The smallest absolute Gasteiger partial charge is 1.00 e. The van der Waals surface area contributed by atoms with Crippen LogP contribution in [-0.2, 0) is 46.1 Å². The Morgan fingerprint density at radius 3 is 1.66 bits per heavy atom. The van der Waals surface area contributed by atoms with Crippen LogP contribution in [0.5, 0.6) is 0 Å². The van der Waals surface area contributed by atoms with Crippen molar-refractivity contribution in [2.45, 2.75) is 72.8 Å². The van der Waals surface area contributed by atoms with E-state index in [-0.39, 0.29) is 35.6 Å². The van der Waals surface area contributed by atoms with Crippen LogP contribution in [0.4, 0.5) is 0 Å². The molecular weight excluding hydrogens is 867 g/mol. The minimum absolute atomic E-state index is 0. The van der Waals surface area contributed by atoms with E-state index in [4.69, 9.17) is 69.6 Å². The SMILES string of the molecule is CC(C)(C)c1ccc2c(c1)Cc1c-2ccc(C(C)(C)C)[c]1[Zr+2]([C]1=CC=CC1)=[C](c1cccc(C(Cl)(Cl)Cl)c1)c1cccc(C(Cl)(Cl)Cl)c1.[Cl-].[Cl-]. The topological polar surface area (TPSA) is 0 Å². The molecule has 2 aliphatic carbocycles. The number of fused-ring (bicyclic) bond motifs is 3. The van der Waals surface area contributed by atoms with Gasteiger partial charge in [0.2, 0.25) is 0 Å². The Hall–Kier alpha value is -0.567. The first kappa shape index (κ1) is 42.2. The molecule has 0 atom stereocenters. The fraction of sp³-hybridized carbons (Fsp3) is 0.293. The van der Waals surface area contributed by atoms with Crippen LogP contribution < -0.4 is 28.1 Å². The summed E-state index contributed by atoms with van der Waals surface area (Å²) in [6.07, 6.45) is 8.62. The monoisotopic (exact) mass is 900 g/mol. The molecule has 0 saturated carbocycles. The second-order valence-corrected chi connectivity index (χ2v) is 25.2. The molecule has 4 aromatic carbocycles. The van der Waals surface area contributed by atoms with Crippen molar-refractivity contribution >= 4 is 76.1 Å². The van der Waals surface area contributed by atoms with Gasteiger partial charge in [-0.3, -0.25) is 0 Å².